The second-order valence-electron chi connectivity index (χ2n) is 4.53. The van der Waals surface area contributed by atoms with Gasteiger partial charge in [-0.3, -0.25) is 14.9 Å². The van der Waals surface area contributed by atoms with Gasteiger partial charge in [-0.1, -0.05) is 12.1 Å². The van der Waals surface area contributed by atoms with Crippen LogP contribution in [-0.4, -0.2) is 22.6 Å². The van der Waals surface area contributed by atoms with Crippen molar-refractivity contribution in [3.63, 3.8) is 0 Å². The van der Waals surface area contributed by atoms with Gasteiger partial charge in [-0.15, -0.1) is 11.8 Å². The molecular weight excluding hydrogens is 264 g/mol. The standard InChI is InChI=1S/C13H18N2O3S/c1-9(2)14-13(16)8-19-10(3)11-5-4-6-12(7-11)15(17)18/h4-7,9-10H,8H2,1-3H3,(H,14,16)/t10-/m0/s1. The molecule has 1 aromatic carbocycles. The molecule has 0 unspecified atom stereocenters. The lowest BCUT2D eigenvalue weighted by Gasteiger charge is -2.12. The van der Waals surface area contributed by atoms with Crippen LogP contribution in [0.25, 0.3) is 0 Å². The number of carbonyl (C=O) groups excluding carboxylic acids is 1. The molecule has 0 saturated carbocycles. The van der Waals surface area contributed by atoms with Gasteiger partial charge in [0.05, 0.1) is 10.7 Å². The van der Waals surface area contributed by atoms with Gasteiger partial charge in [0.15, 0.2) is 0 Å². The molecule has 1 atom stereocenters. The van der Waals surface area contributed by atoms with E-state index in [0.29, 0.717) is 5.75 Å². The molecule has 1 rings (SSSR count). The van der Waals surface area contributed by atoms with Crippen LogP contribution in [0.2, 0.25) is 0 Å². The van der Waals surface area contributed by atoms with Crippen LogP contribution in [0, 0.1) is 10.1 Å². The van der Waals surface area contributed by atoms with E-state index in [0.717, 1.165) is 5.56 Å². The number of thioether (sulfide) groups is 1. The highest BCUT2D eigenvalue weighted by atomic mass is 32.2. The average Bonchev–Trinajstić information content (AvgIpc) is 2.35. The third-order valence-corrected chi connectivity index (χ3v) is 3.67. The van der Waals surface area contributed by atoms with Crippen molar-refractivity contribution in [3.8, 4) is 0 Å². The molecule has 1 N–H and O–H groups in total. The predicted octanol–water partition coefficient (Wildman–Crippen LogP) is 2.91. The van der Waals surface area contributed by atoms with Crippen molar-refractivity contribution >= 4 is 23.4 Å². The van der Waals surface area contributed by atoms with Crippen molar-refractivity contribution in [2.45, 2.75) is 32.1 Å². The molecule has 5 nitrogen and oxygen atoms in total. The number of nitro groups is 1. The lowest BCUT2D eigenvalue weighted by molar-refractivity contribution is -0.384. The first kappa shape index (κ1) is 15.5. The van der Waals surface area contributed by atoms with Gasteiger partial charge < -0.3 is 5.32 Å². The summed E-state index contributed by atoms with van der Waals surface area (Å²) >= 11 is 1.47. The Hall–Kier alpha value is -1.56. The Morgan fingerprint density at radius 3 is 2.68 bits per heavy atom. The molecule has 1 aromatic rings. The van der Waals surface area contributed by atoms with E-state index in [-0.39, 0.29) is 22.9 Å². The summed E-state index contributed by atoms with van der Waals surface area (Å²) in [6, 6.07) is 6.65. The van der Waals surface area contributed by atoms with Crippen LogP contribution >= 0.6 is 11.8 Å². The molecule has 0 aliphatic heterocycles. The zero-order valence-electron chi connectivity index (χ0n) is 11.3. The highest BCUT2D eigenvalue weighted by molar-refractivity contribution is 8.00. The molecular formula is C13H18N2O3S. The van der Waals surface area contributed by atoms with Gasteiger partial charge in [0.1, 0.15) is 0 Å². The van der Waals surface area contributed by atoms with Crippen LogP contribution in [0.5, 0.6) is 0 Å². The first-order valence-corrected chi connectivity index (χ1v) is 7.10. The molecule has 6 heteroatoms. The van der Waals surface area contributed by atoms with Crippen LogP contribution in [0.3, 0.4) is 0 Å². The third-order valence-electron chi connectivity index (χ3n) is 2.46. The maximum atomic E-state index is 11.5. The van der Waals surface area contributed by atoms with Crippen molar-refractivity contribution in [3.05, 3.63) is 39.9 Å². The van der Waals surface area contributed by atoms with Crippen molar-refractivity contribution in [1.29, 1.82) is 0 Å². The van der Waals surface area contributed by atoms with E-state index in [1.165, 1.54) is 17.8 Å². The summed E-state index contributed by atoms with van der Waals surface area (Å²) in [5, 5.41) is 13.5. The summed E-state index contributed by atoms with van der Waals surface area (Å²) in [6.45, 7) is 5.76. The summed E-state index contributed by atoms with van der Waals surface area (Å²) in [7, 11) is 0. The molecule has 0 fully saturated rings. The quantitative estimate of drug-likeness (QED) is 0.643. The summed E-state index contributed by atoms with van der Waals surface area (Å²) in [4.78, 5) is 21.8. The van der Waals surface area contributed by atoms with Gasteiger partial charge in [-0.2, -0.15) is 0 Å². The molecule has 0 heterocycles. The predicted molar refractivity (Wildman–Crippen MR) is 77.2 cm³/mol. The number of non-ortho nitro benzene ring substituents is 1. The smallest absolute Gasteiger partial charge is 0.269 e. The number of amides is 1. The van der Waals surface area contributed by atoms with Crippen molar-refractivity contribution in [1.82, 2.24) is 5.32 Å². The number of nitrogens with zero attached hydrogens (tertiary/aromatic N) is 1. The number of hydrogen-bond donors (Lipinski definition) is 1. The Labute approximate surface area is 116 Å². The maximum Gasteiger partial charge on any atom is 0.269 e. The number of nitro benzene ring substituents is 1. The monoisotopic (exact) mass is 282 g/mol. The van der Waals surface area contributed by atoms with Crippen molar-refractivity contribution < 1.29 is 9.72 Å². The van der Waals surface area contributed by atoms with Crippen LogP contribution in [0.1, 0.15) is 31.6 Å². The van der Waals surface area contributed by atoms with Gasteiger partial charge in [0.2, 0.25) is 5.91 Å². The minimum Gasteiger partial charge on any atom is -0.353 e. The fourth-order valence-electron chi connectivity index (χ4n) is 1.55. The van der Waals surface area contributed by atoms with E-state index >= 15 is 0 Å². The summed E-state index contributed by atoms with van der Waals surface area (Å²) < 4.78 is 0. The molecule has 0 aliphatic rings. The Balaban J connectivity index is 2.58. The van der Waals surface area contributed by atoms with E-state index in [1.807, 2.05) is 26.8 Å². The summed E-state index contributed by atoms with van der Waals surface area (Å²) in [6.07, 6.45) is 0. The number of benzene rings is 1. The van der Waals surface area contributed by atoms with Gasteiger partial charge in [-0.25, -0.2) is 0 Å². The maximum absolute atomic E-state index is 11.5. The molecule has 19 heavy (non-hydrogen) atoms. The van der Waals surface area contributed by atoms with Crippen LogP contribution in [-0.2, 0) is 4.79 Å². The summed E-state index contributed by atoms with van der Waals surface area (Å²) in [5.41, 5.74) is 0.938. The zero-order chi connectivity index (χ0) is 14.4. The normalized spacial score (nSPS) is 12.2. The fourth-order valence-corrected chi connectivity index (χ4v) is 2.38. The fraction of sp³-hybridized carbons (Fsp3) is 0.462. The van der Waals surface area contributed by atoms with Crippen LogP contribution < -0.4 is 5.32 Å². The molecule has 1 amide bonds. The molecule has 0 aliphatic carbocycles. The molecule has 0 aromatic heterocycles. The Bertz CT molecular complexity index is 463. The van der Waals surface area contributed by atoms with Crippen molar-refractivity contribution in [2.75, 3.05) is 5.75 Å². The van der Waals surface area contributed by atoms with Gasteiger partial charge in [0.25, 0.3) is 5.69 Å². The number of carbonyl (C=O) groups is 1. The molecule has 0 radical (unpaired) electrons. The highest BCUT2D eigenvalue weighted by Crippen LogP contribution is 2.29. The topological polar surface area (TPSA) is 72.2 Å². The SMILES string of the molecule is CC(C)NC(=O)CS[C@@H](C)c1cccc([N+](=O)[O-])c1. The van der Waals surface area contributed by atoms with E-state index < -0.39 is 4.92 Å². The largest absolute Gasteiger partial charge is 0.353 e. The minimum atomic E-state index is -0.410. The highest BCUT2D eigenvalue weighted by Gasteiger charge is 2.13. The van der Waals surface area contributed by atoms with Crippen LogP contribution in [0.4, 0.5) is 5.69 Å². The first-order chi connectivity index (χ1) is 8.90. The number of hydrogen-bond acceptors (Lipinski definition) is 4. The Morgan fingerprint density at radius 2 is 2.11 bits per heavy atom. The van der Waals surface area contributed by atoms with Crippen LogP contribution in [0.15, 0.2) is 24.3 Å². The molecule has 0 saturated heterocycles. The average molecular weight is 282 g/mol. The van der Waals surface area contributed by atoms with Crippen molar-refractivity contribution in [2.24, 2.45) is 0 Å². The van der Waals surface area contributed by atoms with E-state index in [1.54, 1.807) is 12.1 Å². The molecule has 0 spiro atoms. The Morgan fingerprint density at radius 1 is 1.42 bits per heavy atom. The van der Waals surface area contributed by atoms with Gasteiger partial charge >= 0.3 is 0 Å². The van der Waals surface area contributed by atoms with Gasteiger partial charge in [-0.05, 0) is 26.3 Å². The minimum absolute atomic E-state index is 0.0164. The van der Waals surface area contributed by atoms with E-state index in [4.69, 9.17) is 0 Å². The summed E-state index contributed by atoms with van der Waals surface area (Å²) in [5.74, 6) is 0.333. The third kappa shape index (κ3) is 5.30. The Kier molecular flexibility index (Phi) is 5.82. The zero-order valence-corrected chi connectivity index (χ0v) is 12.1. The van der Waals surface area contributed by atoms with E-state index in [9.17, 15) is 14.9 Å². The number of nitrogens with one attached hydrogen (secondary N) is 1. The van der Waals surface area contributed by atoms with Gasteiger partial charge in [0, 0.05) is 23.4 Å². The lowest BCUT2D eigenvalue weighted by Crippen LogP contribution is -2.31. The first-order valence-electron chi connectivity index (χ1n) is 6.05. The molecule has 104 valence electrons. The lowest BCUT2D eigenvalue weighted by atomic mass is 10.1. The van der Waals surface area contributed by atoms with E-state index in [2.05, 4.69) is 5.32 Å². The second kappa shape index (κ2) is 7.13. The molecule has 0 bridgehead atoms. The number of rotatable bonds is 6. The second-order valence-corrected chi connectivity index (χ2v) is 5.86.